The fourth-order valence-corrected chi connectivity index (χ4v) is 3.11. The summed E-state index contributed by atoms with van der Waals surface area (Å²) in [5.41, 5.74) is 0.773. The molecule has 8 heteroatoms. The van der Waals surface area contributed by atoms with Gasteiger partial charge in [-0.25, -0.2) is 14.8 Å². The number of halogens is 1. The van der Waals surface area contributed by atoms with Crippen molar-refractivity contribution in [3.05, 3.63) is 40.5 Å². The largest absolute Gasteiger partial charge is 0.506 e. The number of rotatable bonds is 4. The number of nitrogens with zero attached hydrogens (tertiary/aromatic N) is 2. The maximum absolute atomic E-state index is 12.1. The molecule has 118 valence electrons. The number of hydrogen-bond acceptors (Lipinski definition) is 7. The number of phenolic OH excluding ortho intramolecular Hbond substituents is 1. The van der Waals surface area contributed by atoms with Gasteiger partial charge in [-0.3, -0.25) is 0 Å². The maximum atomic E-state index is 12.1. The zero-order valence-electron chi connectivity index (χ0n) is 12.0. The van der Waals surface area contributed by atoms with E-state index in [1.807, 2.05) is 0 Å². The molecule has 3 aromatic rings. The number of benzene rings is 1. The molecule has 1 aromatic carbocycles. The average molecular weight is 350 g/mol. The van der Waals surface area contributed by atoms with Gasteiger partial charge in [-0.05, 0) is 25.1 Å². The lowest BCUT2D eigenvalue weighted by Crippen LogP contribution is -2.05. The molecule has 23 heavy (non-hydrogen) atoms. The van der Waals surface area contributed by atoms with E-state index in [9.17, 15) is 9.90 Å². The van der Waals surface area contributed by atoms with Crippen molar-refractivity contribution in [3.63, 3.8) is 0 Å². The van der Waals surface area contributed by atoms with Crippen LogP contribution in [0.2, 0.25) is 5.02 Å². The first-order valence-electron chi connectivity index (χ1n) is 6.75. The molecule has 2 N–H and O–H groups in total. The van der Waals surface area contributed by atoms with Crippen molar-refractivity contribution in [1.29, 1.82) is 0 Å². The minimum Gasteiger partial charge on any atom is -0.506 e. The lowest BCUT2D eigenvalue weighted by atomic mass is 10.2. The molecule has 0 bridgehead atoms. The Morgan fingerprint density at radius 2 is 2.26 bits per heavy atom. The normalized spacial score (nSPS) is 10.7. The Kier molecular flexibility index (Phi) is 4.31. The van der Waals surface area contributed by atoms with Crippen molar-refractivity contribution in [3.8, 4) is 5.75 Å². The first kappa shape index (κ1) is 15.5. The number of nitrogens with one attached hydrogen (secondary N) is 1. The minimum absolute atomic E-state index is 0.0223. The lowest BCUT2D eigenvalue weighted by Gasteiger charge is -2.10. The van der Waals surface area contributed by atoms with Crippen molar-refractivity contribution in [2.75, 3.05) is 11.9 Å². The van der Waals surface area contributed by atoms with Crippen molar-refractivity contribution >= 4 is 50.6 Å². The predicted molar refractivity (Wildman–Crippen MR) is 89.8 cm³/mol. The fourth-order valence-electron chi connectivity index (χ4n) is 2.06. The third-order valence-electron chi connectivity index (χ3n) is 3.08. The Labute approximate surface area is 140 Å². The first-order valence-corrected chi connectivity index (χ1v) is 8.00. The van der Waals surface area contributed by atoms with E-state index in [4.69, 9.17) is 16.3 Å². The molecule has 0 amide bonds. The third kappa shape index (κ3) is 3.06. The number of thiophene rings is 1. The Balaban J connectivity index is 2.08. The molecule has 0 aliphatic heterocycles. The van der Waals surface area contributed by atoms with E-state index in [2.05, 4.69) is 15.3 Å². The van der Waals surface area contributed by atoms with Crippen LogP contribution in [-0.4, -0.2) is 27.7 Å². The summed E-state index contributed by atoms with van der Waals surface area (Å²) < 4.78 is 5.06. The van der Waals surface area contributed by atoms with Crippen LogP contribution in [0.15, 0.2) is 29.9 Å². The van der Waals surface area contributed by atoms with Crippen LogP contribution in [0, 0.1) is 0 Å². The summed E-state index contributed by atoms with van der Waals surface area (Å²) in [7, 11) is 0. The molecule has 0 saturated heterocycles. The highest BCUT2D eigenvalue weighted by atomic mass is 35.5. The molecule has 0 fully saturated rings. The predicted octanol–water partition coefficient (Wildman–Crippen LogP) is 3.97. The van der Waals surface area contributed by atoms with Gasteiger partial charge in [0.2, 0.25) is 0 Å². The highest BCUT2D eigenvalue weighted by Crippen LogP contribution is 2.34. The summed E-state index contributed by atoms with van der Waals surface area (Å²) in [6.45, 7) is 2.02. The molecule has 6 nitrogen and oxygen atoms in total. The number of fused-ring (bicyclic) bond motifs is 1. The second kappa shape index (κ2) is 6.39. The zero-order chi connectivity index (χ0) is 16.4. The monoisotopic (exact) mass is 349 g/mol. The summed E-state index contributed by atoms with van der Waals surface area (Å²) in [5, 5.41) is 15.6. The highest BCUT2D eigenvalue weighted by molar-refractivity contribution is 7.17. The quantitative estimate of drug-likeness (QED) is 0.547. The molecule has 0 aliphatic rings. The average Bonchev–Trinajstić information content (AvgIpc) is 2.96. The molecule has 0 spiro atoms. The zero-order valence-corrected chi connectivity index (χ0v) is 13.6. The minimum atomic E-state index is -0.438. The Morgan fingerprint density at radius 3 is 3.04 bits per heavy atom. The summed E-state index contributed by atoms with van der Waals surface area (Å²) in [6, 6.07) is 4.62. The van der Waals surface area contributed by atoms with Gasteiger partial charge in [-0.1, -0.05) is 11.6 Å². The number of esters is 1. The summed E-state index contributed by atoms with van der Waals surface area (Å²) in [4.78, 5) is 21.1. The summed E-state index contributed by atoms with van der Waals surface area (Å²) in [6.07, 6.45) is 1.39. The van der Waals surface area contributed by atoms with E-state index in [0.29, 0.717) is 32.3 Å². The molecule has 0 aliphatic carbocycles. The molecule has 0 unspecified atom stereocenters. The number of carbonyl (C=O) groups excluding carboxylic acids is 1. The van der Waals surface area contributed by atoms with Gasteiger partial charge >= 0.3 is 5.97 Å². The molecule has 3 rings (SSSR count). The molecule has 2 aromatic heterocycles. The van der Waals surface area contributed by atoms with Crippen LogP contribution in [0.4, 0.5) is 11.5 Å². The van der Waals surface area contributed by atoms with Gasteiger partial charge in [0, 0.05) is 10.4 Å². The molecule has 0 saturated carbocycles. The first-order chi connectivity index (χ1) is 11.1. The molecular formula is C15H12ClN3O3S. The van der Waals surface area contributed by atoms with Gasteiger partial charge in [0.1, 0.15) is 22.7 Å². The van der Waals surface area contributed by atoms with E-state index >= 15 is 0 Å². The van der Waals surface area contributed by atoms with Crippen molar-refractivity contribution in [1.82, 2.24) is 9.97 Å². The molecular weight excluding hydrogens is 338 g/mol. The molecule has 0 radical (unpaired) electrons. The van der Waals surface area contributed by atoms with Crippen molar-refractivity contribution < 1.29 is 14.6 Å². The van der Waals surface area contributed by atoms with Crippen LogP contribution in [0.25, 0.3) is 10.2 Å². The number of phenols is 1. The van der Waals surface area contributed by atoms with E-state index in [1.54, 1.807) is 24.4 Å². The summed E-state index contributed by atoms with van der Waals surface area (Å²) >= 11 is 7.27. The number of hydrogen-bond donors (Lipinski definition) is 2. The van der Waals surface area contributed by atoms with Crippen LogP contribution in [0.5, 0.6) is 5.75 Å². The van der Waals surface area contributed by atoms with E-state index in [0.717, 1.165) is 0 Å². The van der Waals surface area contributed by atoms with Gasteiger partial charge in [0.15, 0.2) is 0 Å². The van der Waals surface area contributed by atoms with Crippen LogP contribution in [0.1, 0.15) is 17.3 Å². The Hall–Kier alpha value is -2.38. The van der Waals surface area contributed by atoms with Crippen LogP contribution < -0.4 is 5.32 Å². The second-order valence-corrected chi connectivity index (χ2v) is 5.85. The van der Waals surface area contributed by atoms with E-state index in [1.165, 1.54) is 23.7 Å². The Morgan fingerprint density at radius 1 is 1.43 bits per heavy atom. The molecule has 0 atom stereocenters. The van der Waals surface area contributed by atoms with E-state index in [-0.39, 0.29) is 12.4 Å². The second-order valence-electron chi connectivity index (χ2n) is 4.56. The number of anilines is 2. The number of aromatic nitrogens is 2. The van der Waals surface area contributed by atoms with Gasteiger partial charge in [0.25, 0.3) is 0 Å². The maximum Gasteiger partial charge on any atom is 0.339 e. The van der Waals surface area contributed by atoms with Gasteiger partial charge in [-0.2, -0.15) is 0 Å². The van der Waals surface area contributed by atoms with Crippen molar-refractivity contribution in [2.24, 2.45) is 0 Å². The van der Waals surface area contributed by atoms with Crippen LogP contribution >= 0.6 is 22.9 Å². The van der Waals surface area contributed by atoms with Gasteiger partial charge in [0.05, 0.1) is 23.2 Å². The highest BCUT2D eigenvalue weighted by Gasteiger charge is 2.19. The van der Waals surface area contributed by atoms with Gasteiger partial charge in [-0.15, -0.1) is 11.3 Å². The smallest absolute Gasteiger partial charge is 0.339 e. The standard InChI is InChI=1S/C15H12ClN3O3S/c1-2-22-15(21)9-6-23-14-12(9)13(17-7-18-14)19-10-5-8(16)3-4-11(10)20/h3-7,20H,2H2,1H3,(H,17,18,19). The van der Waals surface area contributed by atoms with Gasteiger partial charge < -0.3 is 15.2 Å². The van der Waals surface area contributed by atoms with E-state index < -0.39 is 5.97 Å². The molecule has 2 heterocycles. The third-order valence-corrected chi connectivity index (χ3v) is 4.20. The summed E-state index contributed by atoms with van der Waals surface area (Å²) in [5.74, 6) is -0.0159. The Bertz CT molecular complexity index is 882. The van der Waals surface area contributed by atoms with Crippen LogP contribution in [0.3, 0.4) is 0 Å². The lowest BCUT2D eigenvalue weighted by molar-refractivity contribution is 0.0529. The number of ether oxygens (including phenoxy) is 1. The topological polar surface area (TPSA) is 84.3 Å². The fraction of sp³-hybridized carbons (Fsp3) is 0.133. The van der Waals surface area contributed by atoms with Crippen molar-refractivity contribution in [2.45, 2.75) is 6.92 Å². The van der Waals surface area contributed by atoms with Crippen LogP contribution in [-0.2, 0) is 4.74 Å². The number of aromatic hydroxyl groups is 1. The SMILES string of the molecule is CCOC(=O)c1csc2ncnc(Nc3cc(Cl)ccc3O)c12. The number of carbonyl (C=O) groups is 1.